The van der Waals surface area contributed by atoms with E-state index in [-0.39, 0.29) is 21.4 Å². The van der Waals surface area contributed by atoms with E-state index >= 15 is 0 Å². The number of benzene rings is 2. The number of ether oxygens (including phenoxy) is 1. The second-order valence-electron chi connectivity index (χ2n) is 8.19. The molecule has 3 aromatic rings. The highest BCUT2D eigenvalue weighted by Gasteiger charge is 2.31. The van der Waals surface area contributed by atoms with Crippen LogP contribution < -0.4 is 9.64 Å². The van der Waals surface area contributed by atoms with Crippen molar-refractivity contribution in [3.63, 3.8) is 0 Å². The summed E-state index contributed by atoms with van der Waals surface area (Å²) < 4.78 is 33.0. The Hall–Kier alpha value is -3.01. The van der Waals surface area contributed by atoms with Crippen molar-refractivity contribution >= 4 is 38.9 Å². The minimum Gasteiger partial charge on any atom is -0.422 e. The molecule has 1 aromatic heterocycles. The molecule has 0 saturated carbocycles. The molecule has 1 fully saturated rings. The fraction of sp³-hybridized carbons (Fsp3) is 0.280. The summed E-state index contributed by atoms with van der Waals surface area (Å²) in [5.41, 5.74) is 2.28. The third kappa shape index (κ3) is 5.06. The van der Waals surface area contributed by atoms with Crippen LogP contribution in [0.1, 0.15) is 44.9 Å². The quantitative estimate of drug-likeness (QED) is 0.363. The van der Waals surface area contributed by atoms with Crippen molar-refractivity contribution < 1.29 is 22.7 Å². The summed E-state index contributed by atoms with van der Waals surface area (Å²) >= 11 is 1.05. The van der Waals surface area contributed by atoms with Gasteiger partial charge in [-0.15, -0.1) is 11.3 Å². The van der Waals surface area contributed by atoms with Gasteiger partial charge < -0.3 is 9.64 Å². The van der Waals surface area contributed by atoms with Crippen molar-refractivity contribution in [1.29, 1.82) is 0 Å². The molecule has 9 heteroatoms. The fourth-order valence-electron chi connectivity index (χ4n) is 3.79. The van der Waals surface area contributed by atoms with Gasteiger partial charge in [-0.3, -0.25) is 4.79 Å². The highest BCUT2D eigenvalue weighted by molar-refractivity contribution is 7.89. The number of carbonyl (C=O) groups is 2. The molecule has 4 rings (SSSR count). The van der Waals surface area contributed by atoms with Crippen LogP contribution in [0.15, 0.2) is 64.9 Å². The summed E-state index contributed by atoms with van der Waals surface area (Å²) in [6.07, 6.45) is 2.64. The van der Waals surface area contributed by atoms with Crippen LogP contribution in [-0.4, -0.2) is 44.7 Å². The van der Waals surface area contributed by atoms with E-state index in [1.54, 1.807) is 48.8 Å². The normalized spacial score (nSPS) is 14.5. The van der Waals surface area contributed by atoms with Crippen LogP contribution in [-0.2, 0) is 10.0 Å². The largest absolute Gasteiger partial charge is 0.422 e. The second kappa shape index (κ2) is 10.1. The molecule has 1 aliphatic heterocycles. The maximum absolute atomic E-state index is 13.0. The van der Waals surface area contributed by atoms with Crippen molar-refractivity contribution in [2.45, 2.75) is 31.1 Å². The highest BCUT2D eigenvalue weighted by atomic mass is 32.2. The van der Waals surface area contributed by atoms with Crippen molar-refractivity contribution in [2.24, 2.45) is 0 Å². The first-order chi connectivity index (χ1) is 16.3. The number of esters is 1. The van der Waals surface area contributed by atoms with E-state index in [1.807, 2.05) is 19.1 Å². The molecule has 0 bridgehead atoms. The zero-order valence-electron chi connectivity index (χ0n) is 19.1. The molecule has 0 atom stereocenters. The third-order valence-electron chi connectivity index (χ3n) is 5.79. The maximum Gasteiger partial charge on any atom is 0.355 e. The molecule has 0 unspecified atom stereocenters. The van der Waals surface area contributed by atoms with Gasteiger partial charge in [0, 0.05) is 31.4 Å². The maximum atomic E-state index is 13.0. The predicted octanol–water partition coefficient (Wildman–Crippen LogP) is 4.73. The van der Waals surface area contributed by atoms with Gasteiger partial charge in [0.05, 0.1) is 0 Å². The van der Waals surface area contributed by atoms with Gasteiger partial charge in [-0.25, -0.2) is 13.2 Å². The average Bonchev–Trinajstić information content (AvgIpc) is 3.36. The Kier molecular flexibility index (Phi) is 7.16. The third-order valence-corrected chi connectivity index (χ3v) is 8.75. The molecular formula is C25H26N2O5S2. The zero-order chi connectivity index (χ0) is 24.3. The number of nitrogens with zero attached hydrogens (tertiary/aromatic N) is 2. The average molecular weight is 499 g/mol. The number of thiophene rings is 1. The number of sulfonamides is 1. The van der Waals surface area contributed by atoms with Gasteiger partial charge in [-0.2, -0.15) is 4.31 Å². The van der Waals surface area contributed by atoms with Crippen molar-refractivity contribution in [3.05, 3.63) is 76.0 Å². The molecule has 0 aliphatic carbocycles. The standard InChI is InChI=1S/C25H26N2O5S2/c1-18-6-8-19(9-7-18)24(28)26(2)20-10-12-21(13-11-20)32-25(29)23-22(14-17-33-23)34(30,31)27-15-4-3-5-16-27/h6-14,17H,3-5,15-16H2,1-2H3. The van der Waals surface area contributed by atoms with Crippen LogP contribution in [0.25, 0.3) is 0 Å². The number of anilines is 1. The van der Waals surface area contributed by atoms with E-state index in [2.05, 4.69) is 0 Å². The minimum absolute atomic E-state index is 0.00977. The first-order valence-electron chi connectivity index (χ1n) is 11.0. The van der Waals surface area contributed by atoms with Gasteiger partial charge in [0.1, 0.15) is 15.5 Å². The molecule has 2 heterocycles. The van der Waals surface area contributed by atoms with Crippen molar-refractivity contribution in [1.82, 2.24) is 4.31 Å². The summed E-state index contributed by atoms with van der Waals surface area (Å²) in [4.78, 5) is 27.1. The molecule has 0 spiro atoms. The van der Waals surface area contributed by atoms with Crippen LogP contribution in [0.5, 0.6) is 5.75 Å². The van der Waals surface area contributed by atoms with E-state index in [0.717, 1.165) is 36.2 Å². The fourth-order valence-corrected chi connectivity index (χ4v) is 6.58. The van der Waals surface area contributed by atoms with E-state index in [0.29, 0.717) is 24.3 Å². The van der Waals surface area contributed by atoms with E-state index in [1.165, 1.54) is 15.3 Å². The summed E-state index contributed by atoms with van der Waals surface area (Å²) in [7, 11) is -2.07. The monoisotopic (exact) mass is 498 g/mol. The van der Waals surface area contributed by atoms with Gasteiger partial charge >= 0.3 is 5.97 Å². The molecule has 1 amide bonds. The van der Waals surface area contributed by atoms with Gasteiger partial charge in [0.15, 0.2) is 0 Å². The van der Waals surface area contributed by atoms with E-state index in [4.69, 9.17) is 4.74 Å². The van der Waals surface area contributed by atoms with Crippen LogP contribution in [0.4, 0.5) is 5.69 Å². The number of hydrogen-bond acceptors (Lipinski definition) is 6. The predicted molar refractivity (Wildman–Crippen MR) is 132 cm³/mol. The van der Waals surface area contributed by atoms with E-state index in [9.17, 15) is 18.0 Å². The first-order valence-corrected chi connectivity index (χ1v) is 13.3. The summed E-state index contributed by atoms with van der Waals surface area (Å²) in [5, 5.41) is 1.59. The molecule has 0 N–H and O–H groups in total. The van der Waals surface area contributed by atoms with Crippen LogP contribution >= 0.6 is 11.3 Å². The molecule has 2 aromatic carbocycles. The van der Waals surface area contributed by atoms with Gasteiger partial charge in [-0.05, 0) is 67.6 Å². The number of amides is 1. The summed E-state index contributed by atoms with van der Waals surface area (Å²) in [5.74, 6) is -0.613. The molecule has 7 nitrogen and oxygen atoms in total. The van der Waals surface area contributed by atoms with Crippen molar-refractivity contribution in [3.8, 4) is 5.75 Å². The Morgan fingerprint density at radius 3 is 2.24 bits per heavy atom. The Morgan fingerprint density at radius 1 is 0.941 bits per heavy atom. The van der Waals surface area contributed by atoms with Gasteiger partial charge in [-0.1, -0.05) is 24.1 Å². The Balaban J connectivity index is 1.46. The second-order valence-corrected chi connectivity index (χ2v) is 11.0. The number of carbonyl (C=O) groups excluding carboxylic acids is 2. The van der Waals surface area contributed by atoms with Crippen molar-refractivity contribution in [2.75, 3.05) is 25.0 Å². The molecule has 1 saturated heterocycles. The van der Waals surface area contributed by atoms with Gasteiger partial charge in [0.2, 0.25) is 10.0 Å². The topological polar surface area (TPSA) is 84.0 Å². The smallest absolute Gasteiger partial charge is 0.355 e. The Morgan fingerprint density at radius 2 is 1.59 bits per heavy atom. The van der Waals surface area contributed by atoms with E-state index < -0.39 is 16.0 Å². The number of rotatable bonds is 6. The molecule has 178 valence electrons. The lowest BCUT2D eigenvalue weighted by Gasteiger charge is -2.25. The van der Waals surface area contributed by atoms with Crippen LogP contribution in [0.3, 0.4) is 0 Å². The number of piperidine rings is 1. The summed E-state index contributed by atoms with van der Waals surface area (Å²) in [6, 6.07) is 15.3. The zero-order valence-corrected chi connectivity index (χ0v) is 20.7. The summed E-state index contributed by atoms with van der Waals surface area (Å²) in [6.45, 7) is 2.88. The Bertz CT molecular complexity index is 1280. The van der Waals surface area contributed by atoms with Crippen LogP contribution in [0.2, 0.25) is 0 Å². The first kappa shape index (κ1) is 24.1. The minimum atomic E-state index is -3.74. The number of hydrogen-bond donors (Lipinski definition) is 0. The van der Waals surface area contributed by atoms with Gasteiger partial charge in [0.25, 0.3) is 5.91 Å². The SMILES string of the molecule is Cc1ccc(C(=O)N(C)c2ccc(OC(=O)c3sccc3S(=O)(=O)N3CCCCC3)cc2)cc1. The lowest BCUT2D eigenvalue weighted by atomic mass is 10.1. The molecule has 0 radical (unpaired) electrons. The van der Waals surface area contributed by atoms with Crippen LogP contribution in [0, 0.1) is 6.92 Å². The molecule has 1 aliphatic rings. The lowest BCUT2D eigenvalue weighted by molar-refractivity contribution is 0.0735. The lowest BCUT2D eigenvalue weighted by Crippen LogP contribution is -2.36. The molecule has 34 heavy (non-hydrogen) atoms. The molecular weight excluding hydrogens is 472 g/mol. The highest BCUT2D eigenvalue weighted by Crippen LogP contribution is 2.29. The number of aryl methyl sites for hydroxylation is 1. The Labute approximate surface area is 203 Å².